The zero-order valence-corrected chi connectivity index (χ0v) is 15.6. The molecule has 0 radical (unpaired) electrons. The maximum atomic E-state index is 12.2. The first-order valence-electron chi connectivity index (χ1n) is 7.79. The fraction of sp³-hybridized carbons (Fsp3) is 0.294. The predicted molar refractivity (Wildman–Crippen MR) is 100 cm³/mol. The summed E-state index contributed by atoms with van der Waals surface area (Å²) in [5, 5.41) is 5.88. The van der Waals surface area contributed by atoms with Gasteiger partial charge in [-0.1, -0.05) is 42.4 Å². The van der Waals surface area contributed by atoms with Crippen LogP contribution in [0.15, 0.2) is 35.6 Å². The summed E-state index contributed by atoms with van der Waals surface area (Å²) < 4.78 is 0. The molecule has 0 aliphatic heterocycles. The minimum atomic E-state index is -0.509. The predicted octanol–water partition coefficient (Wildman–Crippen LogP) is 3.31. The lowest BCUT2D eigenvalue weighted by atomic mass is 10.2. The monoisotopic (exact) mass is 378 g/mol. The molecule has 1 heterocycles. The zero-order valence-electron chi connectivity index (χ0n) is 14.0. The summed E-state index contributed by atoms with van der Waals surface area (Å²) in [4.78, 5) is 32.4. The number of carbonyl (C=O) groups excluding carboxylic acids is 2. The summed E-state index contributed by atoms with van der Waals surface area (Å²) in [7, 11) is 0. The first-order chi connectivity index (χ1) is 12.0. The summed E-state index contributed by atoms with van der Waals surface area (Å²) in [5.41, 5.74) is 1.78. The van der Waals surface area contributed by atoms with Crippen molar-refractivity contribution in [2.24, 2.45) is 0 Å². The average molecular weight is 379 g/mol. The van der Waals surface area contributed by atoms with Crippen LogP contribution in [0.3, 0.4) is 0 Å². The van der Waals surface area contributed by atoms with Gasteiger partial charge in [-0.15, -0.1) is 0 Å². The van der Waals surface area contributed by atoms with E-state index >= 15 is 0 Å². The van der Waals surface area contributed by atoms with Crippen LogP contribution in [-0.2, 0) is 4.79 Å². The lowest BCUT2D eigenvalue weighted by molar-refractivity contribution is -0.115. The second-order valence-corrected chi connectivity index (χ2v) is 6.77. The van der Waals surface area contributed by atoms with Gasteiger partial charge in [-0.05, 0) is 31.0 Å². The summed E-state index contributed by atoms with van der Waals surface area (Å²) >= 11 is 7.44. The molecule has 0 unspecified atom stereocenters. The van der Waals surface area contributed by atoms with Crippen molar-refractivity contribution in [3.63, 3.8) is 0 Å². The number of nitrogens with one attached hydrogen (secondary N) is 2. The molecule has 0 spiro atoms. The third-order valence-corrected chi connectivity index (χ3v) is 4.43. The van der Waals surface area contributed by atoms with Gasteiger partial charge in [-0.25, -0.2) is 9.97 Å². The van der Waals surface area contributed by atoms with Crippen molar-refractivity contribution in [3.8, 4) is 0 Å². The number of aryl methyl sites for hydroxylation is 1. The van der Waals surface area contributed by atoms with Crippen LogP contribution in [0.4, 0.5) is 5.69 Å². The molecule has 132 valence electrons. The van der Waals surface area contributed by atoms with Crippen LogP contribution < -0.4 is 10.6 Å². The fourth-order valence-electron chi connectivity index (χ4n) is 1.95. The molecule has 1 aromatic carbocycles. The Balaban J connectivity index is 1.94. The van der Waals surface area contributed by atoms with Gasteiger partial charge in [0.1, 0.15) is 0 Å². The van der Waals surface area contributed by atoms with E-state index in [0.717, 1.165) is 17.7 Å². The molecule has 0 aliphatic rings. The van der Waals surface area contributed by atoms with Gasteiger partial charge in [0.25, 0.3) is 5.91 Å². The molecule has 8 heteroatoms. The van der Waals surface area contributed by atoms with Crippen molar-refractivity contribution >= 4 is 40.9 Å². The molecular formula is C17H19ClN4O2S. The topological polar surface area (TPSA) is 84.0 Å². The third kappa shape index (κ3) is 6.03. The second kappa shape index (κ2) is 9.39. The van der Waals surface area contributed by atoms with Gasteiger partial charge in [0.2, 0.25) is 5.91 Å². The van der Waals surface area contributed by atoms with E-state index in [2.05, 4.69) is 20.6 Å². The number of hydrogen-bond donors (Lipinski definition) is 2. The van der Waals surface area contributed by atoms with Crippen molar-refractivity contribution in [1.29, 1.82) is 0 Å². The Labute approximate surface area is 155 Å². The third-order valence-electron chi connectivity index (χ3n) is 3.08. The highest BCUT2D eigenvalue weighted by atomic mass is 35.5. The van der Waals surface area contributed by atoms with Crippen LogP contribution in [0.2, 0.25) is 5.02 Å². The first kappa shape index (κ1) is 19.2. The van der Waals surface area contributed by atoms with Crippen molar-refractivity contribution in [2.75, 3.05) is 17.6 Å². The number of carbonyl (C=O) groups is 2. The summed E-state index contributed by atoms with van der Waals surface area (Å²) in [6.45, 7) is 3.80. The van der Waals surface area contributed by atoms with Crippen LogP contribution in [0, 0.1) is 6.92 Å². The standard InChI is InChI=1S/C17H19ClN4O2S/c1-3-7-25-17-20-9-13(18)15(22-17)16(24)19-10-14(23)21-12-6-4-5-11(2)8-12/h4-6,8-9H,3,7,10H2,1-2H3,(H,19,24)(H,21,23). The summed E-state index contributed by atoms with van der Waals surface area (Å²) in [5.74, 6) is 0.0107. The lowest BCUT2D eigenvalue weighted by Crippen LogP contribution is -2.33. The highest BCUT2D eigenvalue weighted by molar-refractivity contribution is 7.99. The summed E-state index contributed by atoms with van der Waals surface area (Å²) in [6, 6.07) is 7.41. The highest BCUT2D eigenvalue weighted by Crippen LogP contribution is 2.18. The van der Waals surface area contributed by atoms with E-state index in [1.54, 1.807) is 6.07 Å². The SMILES string of the molecule is CCCSc1ncc(Cl)c(C(=O)NCC(=O)Nc2cccc(C)c2)n1. The van der Waals surface area contributed by atoms with E-state index in [0.29, 0.717) is 10.8 Å². The van der Waals surface area contributed by atoms with Gasteiger partial charge in [-0.2, -0.15) is 0 Å². The normalized spacial score (nSPS) is 10.4. The van der Waals surface area contributed by atoms with Gasteiger partial charge in [0.05, 0.1) is 17.8 Å². The van der Waals surface area contributed by atoms with Crippen LogP contribution in [0.25, 0.3) is 0 Å². The number of halogens is 1. The number of benzene rings is 1. The molecule has 6 nitrogen and oxygen atoms in total. The quantitative estimate of drug-likeness (QED) is 0.570. The number of aromatic nitrogens is 2. The molecule has 0 saturated heterocycles. The molecule has 25 heavy (non-hydrogen) atoms. The van der Waals surface area contributed by atoms with E-state index in [-0.39, 0.29) is 23.2 Å². The molecule has 0 aliphatic carbocycles. The van der Waals surface area contributed by atoms with Crippen LogP contribution in [-0.4, -0.2) is 34.1 Å². The molecule has 0 fully saturated rings. The largest absolute Gasteiger partial charge is 0.342 e. The van der Waals surface area contributed by atoms with Crippen molar-refractivity contribution in [2.45, 2.75) is 25.4 Å². The van der Waals surface area contributed by atoms with Gasteiger partial charge < -0.3 is 10.6 Å². The Morgan fingerprint density at radius 1 is 1.32 bits per heavy atom. The Kier molecular flexibility index (Phi) is 7.21. The number of rotatable bonds is 7. The average Bonchev–Trinajstić information content (AvgIpc) is 2.59. The number of amides is 2. The zero-order chi connectivity index (χ0) is 18.2. The summed E-state index contributed by atoms with van der Waals surface area (Å²) in [6.07, 6.45) is 2.37. The second-order valence-electron chi connectivity index (χ2n) is 5.30. The Morgan fingerprint density at radius 2 is 2.12 bits per heavy atom. The molecule has 0 atom stereocenters. The number of nitrogens with zero attached hydrogens (tertiary/aromatic N) is 2. The van der Waals surface area contributed by atoms with E-state index in [9.17, 15) is 9.59 Å². The maximum Gasteiger partial charge on any atom is 0.272 e. The van der Waals surface area contributed by atoms with E-state index in [1.807, 2.05) is 32.0 Å². The van der Waals surface area contributed by atoms with Crippen molar-refractivity contribution in [3.05, 3.63) is 46.7 Å². The van der Waals surface area contributed by atoms with Gasteiger partial charge in [0, 0.05) is 11.4 Å². The van der Waals surface area contributed by atoms with Crippen LogP contribution >= 0.6 is 23.4 Å². The molecule has 0 bridgehead atoms. The molecule has 0 saturated carbocycles. The van der Waals surface area contributed by atoms with Gasteiger partial charge in [0.15, 0.2) is 10.9 Å². The van der Waals surface area contributed by atoms with E-state index < -0.39 is 5.91 Å². The molecular weight excluding hydrogens is 360 g/mol. The Hall–Kier alpha value is -2.12. The van der Waals surface area contributed by atoms with Gasteiger partial charge in [-0.3, -0.25) is 9.59 Å². The fourth-order valence-corrected chi connectivity index (χ4v) is 2.79. The first-order valence-corrected chi connectivity index (χ1v) is 9.16. The molecule has 2 rings (SSSR count). The lowest BCUT2D eigenvalue weighted by Gasteiger charge is -2.08. The highest BCUT2D eigenvalue weighted by Gasteiger charge is 2.15. The Bertz CT molecular complexity index is 770. The van der Waals surface area contributed by atoms with E-state index in [4.69, 9.17) is 11.6 Å². The maximum absolute atomic E-state index is 12.2. The minimum Gasteiger partial charge on any atom is -0.342 e. The Morgan fingerprint density at radius 3 is 2.84 bits per heavy atom. The number of hydrogen-bond acceptors (Lipinski definition) is 5. The van der Waals surface area contributed by atoms with E-state index in [1.165, 1.54) is 18.0 Å². The van der Waals surface area contributed by atoms with Crippen LogP contribution in [0.5, 0.6) is 0 Å². The molecule has 2 aromatic rings. The molecule has 2 N–H and O–H groups in total. The minimum absolute atomic E-state index is 0.0682. The number of anilines is 1. The smallest absolute Gasteiger partial charge is 0.272 e. The van der Waals surface area contributed by atoms with Crippen molar-refractivity contribution in [1.82, 2.24) is 15.3 Å². The van der Waals surface area contributed by atoms with Crippen molar-refractivity contribution < 1.29 is 9.59 Å². The van der Waals surface area contributed by atoms with Crippen LogP contribution in [0.1, 0.15) is 29.4 Å². The molecule has 1 aromatic heterocycles. The van der Waals surface area contributed by atoms with Gasteiger partial charge >= 0.3 is 0 Å². The number of thioether (sulfide) groups is 1. The molecule has 2 amide bonds.